The smallest absolute Gasteiger partial charge is 0.136 e. The molecule has 0 bridgehead atoms. The quantitative estimate of drug-likeness (QED) is 0.421. The van der Waals surface area contributed by atoms with Gasteiger partial charge in [0.25, 0.3) is 0 Å². The summed E-state index contributed by atoms with van der Waals surface area (Å²) in [4.78, 5) is 0. The topological polar surface area (TPSA) is 61.6 Å². The maximum atomic E-state index is 5.35. The van der Waals surface area contributed by atoms with Crippen molar-refractivity contribution in [3.8, 4) is 23.0 Å². The number of benzene rings is 2. The van der Waals surface area contributed by atoms with Crippen molar-refractivity contribution >= 4 is 44.3 Å². The summed E-state index contributed by atoms with van der Waals surface area (Å²) in [7, 11) is 6.36. The highest BCUT2D eigenvalue weighted by atomic mass is 79.9. The average molecular weight is 486 g/mol. The predicted octanol–water partition coefficient (Wildman–Crippen LogP) is 4.70. The Kier molecular flexibility index (Phi) is 7.47. The molecule has 0 aliphatic carbocycles. The first-order valence-electron chi connectivity index (χ1n) is 7.43. The lowest BCUT2D eigenvalue weighted by Gasteiger charge is -2.09. The number of nitrogens with zero attached hydrogens (tertiary/aromatic N) is 2. The maximum Gasteiger partial charge on any atom is 0.136 e. The van der Waals surface area contributed by atoms with E-state index in [9.17, 15) is 0 Å². The van der Waals surface area contributed by atoms with Gasteiger partial charge < -0.3 is 18.9 Å². The molecule has 0 atom stereocenters. The number of ether oxygens (including phenoxy) is 4. The Bertz CT molecular complexity index is 769. The fourth-order valence-corrected chi connectivity index (χ4v) is 3.21. The van der Waals surface area contributed by atoms with E-state index in [1.54, 1.807) is 53.0 Å². The van der Waals surface area contributed by atoms with E-state index in [1.807, 2.05) is 12.1 Å². The monoisotopic (exact) mass is 484 g/mol. The van der Waals surface area contributed by atoms with E-state index >= 15 is 0 Å². The standard InChI is InChI=1S/C18H18Br2N2O4/c1-23-15-7-17(25-3)13(19)5-11(15)9-21-22-10-12-6-14(20)18(26-4)8-16(12)24-2/h5-10H,1-4H3. The highest BCUT2D eigenvalue weighted by Gasteiger charge is 2.09. The van der Waals surface area contributed by atoms with Crippen molar-refractivity contribution in [3.05, 3.63) is 44.3 Å². The van der Waals surface area contributed by atoms with Crippen LogP contribution in [0.5, 0.6) is 23.0 Å². The lowest BCUT2D eigenvalue weighted by Crippen LogP contribution is -1.94. The first-order valence-corrected chi connectivity index (χ1v) is 9.02. The van der Waals surface area contributed by atoms with Crippen LogP contribution in [-0.4, -0.2) is 40.9 Å². The number of hydrogen-bond donors (Lipinski definition) is 0. The third-order valence-corrected chi connectivity index (χ3v) is 4.71. The van der Waals surface area contributed by atoms with Crippen LogP contribution in [0.1, 0.15) is 11.1 Å². The van der Waals surface area contributed by atoms with Crippen molar-refractivity contribution in [1.29, 1.82) is 0 Å². The zero-order chi connectivity index (χ0) is 19.1. The summed E-state index contributed by atoms with van der Waals surface area (Å²) in [6.07, 6.45) is 3.20. The highest BCUT2D eigenvalue weighted by molar-refractivity contribution is 9.10. The Morgan fingerprint density at radius 3 is 1.27 bits per heavy atom. The summed E-state index contributed by atoms with van der Waals surface area (Å²) in [5.74, 6) is 2.62. The van der Waals surface area contributed by atoms with Crippen LogP contribution < -0.4 is 18.9 Å². The molecule has 2 aromatic carbocycles. The van der Waals surface area contributed by atoms with Crippen molar-refractivity contribution < 1.29 is 18.9 Å². The van der Waals surface area contributed by atoms with Crippen LogP contribution in [0.4, 0.5) is 0 Å². The molecule has 0 unspecified atom stereocenters. The SMILES string of the molecule is COc1cc(OC)c(C=NN=Cc2cc(Br)c(OC)cc2OC)cc1Br. The van der Waals surface area contributed by atoms with Crippen LogP contribution in [0.3, 0.4) is 0 Å². The van der Waals surface area contributed by atoms with Crippen molar-refractivity contribution in [2.24, 2.45) is 10.2 Å². The Labute approximate surface area is 169 Å². The van der Waals surface area contributed by atoms with E-state index in [-0.39, 0.29) is 0 Å². The van der Waals surface area contributed by atoms with Gasteiger partial charge in [0.05, 0.1) is 49.8 Å². The molecule has 0 saturated heterocycles. The molecule has 0 aliphatic rings. The van der Waals surface area contributed by atoms with Crippen LogP contribution in [0.15, 0.2) is 43.4 Å². The molecular weight excluding hydrogens is 468 g/mol. The fraction of sp³-hybridized carbons (Fsp3) is 0.222. The maximum absolute atomic E-state index is 5.35. The molecule has 0 amide bonds. The van der Waals surface area contributed by atoms with Gasteiger partial charge in [0, 0.05) is 23.3 Å². The van der Waals surface area contributed by atoms with Gasteiger partial charge in [-0.25, -0.2) is 0 Å². The zero-order valence-electron chi connectivity index (χ0n) is 14.7. The summed E-state index contributed by atoms with van der Waals surface area (Å²) >= 11 is 6.89. The van der Waals surface area contributed by atoms with Gasteiger partial charge in [0.15, 0.2) is 0 Å². The molecule has 6 nitrogen and oxygen atoms in total. The highest BCUT2D eigenvalue weighted by Crippen LogP contribution is 2.33. The van der Waals surface area contributed by atoms with Crippen LogP contribution in [0.2, 0.25) is 0 Å². The van der Waals surface area contributed by atoms with Crippen molar-refractivity contribution in [1.82, 2.24) is 0 Å². The van der Waals surface area contributed by atoms with Crippen molar-refractivity contribution in [2.75, 3.05) is 28.4 Å². The molecule has 2 rings (SSSR count). The Morgan fingerprint density at radius 2 is 0.962 bits per heavy atom. The summed E-state index contributed by atoms with van der Waals surface area (Å²) < 4.78 is 22.8. The van der Waals surface area contributed by atoms with Gasteiger partial charge in [0.1, 0.15) is 23.0 Å². The second-order valence-corrected chi connectivity index (χ2v) is 6.66. The third kappa shape index (κ3) is 4.76. The molecule has 0 fully saturated rings. The minimum absolute atomic E-state index is 0.633. The van der Waals surface area contributed by atoms with Gasteiger partial charge in [-0.2, -0.15) is 10.2 Å². The van der Waals surface area contributed by atoms with Crippen LogP contribution in [0.25, 0.3) is 0 Å². The normalized spacial score (nSPS) is 11.2. The number of methoxy groups -OCH3 is 4. The first-order chi connectivity index (χ1) is 12.5. The number of hydrogen-bond acceptors (Lipinski definition) is 6. The van der Waals surface area contributed by atoms with Gasteiger partial charge in [0.2, 0.25) is 0 Å². The lowest BCUT2D eigenvalue weighted by molar-refractivity contribution is 0.392. The molecule has 0 radical (unpaired) electrons. The molecule has 26 heavy (non-hydrogen) atoms. The van der Waals surface area contributed by atoms with Gasteiger partial charge in [-0.3, -0.25) is 0 Å². The molecule has 0 saturated carbocycles. The van der Waals surface area contributed by atoms with Crippen molar-refractivity contribution in [2.45, 2.75) is 0 Å². The van der Waals surface area contributed by atoms with E-state index in [4.69, 9.17) is 18.9 Å². The first kappa shape index (κ1) is 20.3. The lowest BCUT2D eigenvalue weighted by atomic mass is 10.2. The summed E-state index contributed by atoms with van der Waals surface area (Å²) in [5, 5.41) is 8.18. The van der Waals surface area contributed by atoms with Crippen LogP contribution in [0, 0.1) is 0 Å². The second kappa shape index (κ2) is 9.59. The summed E-state index contributed by atoms with van der Waals surface area (Å²) in [6, 6.07) is 7.25. The summed E-state index contributed by atoms with van der Waals surface area (Å²) in [5.41, 5.74) is 1.53. The van der Waals surface area contributed by atoms with E-state index in [1.165, 1.54) is 0 Å². The van der Waals surface area contributed by atoms with Crippen LogP contribution >= 0.6 is 31.9 Å². The van der Waals surface area contributed by atoms with Crippen LogP contribution in [-0.2, 0) is 0 Å². The van der Waals surface area contributed by atoms with Gasteiger partial charge in [-0.1, -0.05) is 0 Å². The Balaban J connectivity index is 2.26. The minimum Gasteiger partial charge on any atom is -0.496 e. The molecule has 2 aromatic rings. The van der Waals surface area contributed by atoms with E-state index in [2.05, 4.69) is 42.1 Å². The average Bonchev–Trinajstić information content (AvgIpc) is 2.65. The zero-order valence-corrected chi connectivity index (χ0v) is 17.9. The molecule has 0 spiro atoms. The number of halogens is 2. The Morgan fingerprint density at radius 1 is 0.615 bits per heavy atom. The molecule has 138 valence electrons. The molecule has 8 heteroatoms. The molecule has 0 heterocycles. The van der Waals surface area contributed by atoms with Gasteiger partial charge in [-0.05, 0) is 44.0 Å². The van der Waals surface area contributed by atoms with E-state index in [0.717, 1.165) is 20.1 Å². The minimum atomic E-state index is 0.633. The number of rotatable bonds is 7. The molecule has 0 aliphatic heterocycles. The second-order valence-electron chi connectivity index (χ2n) is 4.95. The van der Waals surface area contributed by atoms with E-state index < -0.39 is 0 Å². The van der Waals surface area contributed by atoms with Gasteiger partial charge in [-0.15, -0.1) is 0 Å². The molecule has 0 aromatic heterocycles. The largest absolute Gasteiger partial charge is 0.496 e. The fourth-order valence-electron chi connectivity index (χ4n) is 2.16. The predicted molar refractivity (Wildman–Crippen MR) is 110 cm³/mol. The molecule has 0 N–H and O–H groups in total. The summed E-state index contributed by atoms with van der Waals surface area (Å²) in [6.45, 7) is 0. The molecular formula is C18H18Br2N2O4. The van der Waals surface area contributed by atoms with E-state index in [0.29, 0.717) is 23.0 Å². The Hall–Kier alpha value is -2.06. The van der Waals surface area contributed by atoms with Crippen molar-refractivity contribution in [3.63, 3.8) is 0 Å². The third-order valence-electron chi connectivity index (χ3n) is 3.47. The van der Waals surface area contributed by atoms with Gasteiger partial charge >= 0.3 is 0 Å².